The molecule has 0 aliphatic rings. The predicted molar refractivity (Wildman–Crippen MR) is 147 cm³/mol. The van der Waals surface area contributed by atoms with Crippen molar-refractivity contribution in [1.82, 2.24) is 4.90 Å². The minimum absolute atomic E-state index is 0.0896. The first-order chi connectivity index (χ1) is 16.6. The molecule has 0 radical (unpaired) electrons. The maximum Gasteiger partial charge on any atom is 0.192 e. The van der Waals surface area contributed by atoms with Gasteiger partial charge in [0.2, 0.25) is 0 Å². The van der Waals surface area contributed by atoms with Gasteiger partial charge in [-0.2, -0.15) is 0 Å². The lowest BCUT2D eigenvalue weighted by atomic mass is 9.99. The highest BCUT2D eigenvalue weighted by atomic mass is 28.4. The minimum atomic E-state index is -2.02. The van der Waals surface area contributed by atoms with Gasteiger partial charge in [0.1, 0.15) is 5.75 Å². The Morgan fingerprint density at radius 1 is 0.800 bits per heavy atom. The number of aliphatic hydroxyl groups excluding tert-OH is 1. The van der Waals surface area contributed by atoms with Gasteiger partial charge >= 0.3 is 0 Å². The zero-order chi connectivity index (χ0) is 25.5. The van der Waals surface area contributed by atoms with E-state index in [0.717, 1.165) is 11.3 Å². The van der Waals surface area contributed by atoms with E-state index in [1.54, 1.807) is 7.11 Å². The Hall–Kier alpha value is -2.44. The fraction of sp³-hybridized carbons (Fsp3) is 0.400. The Morgan fingerprint density at radius 3 is 1.71 bits per heavy atom. The van der Waals surface area contributed by atoms with E-state index in [1.807, 2.05) is 36.4 Å². The summed E-state index contributed by atoms with van der Waals surface area (Å²) in [7, 11) is -0.361. The molecule has 0 amide bonds. The van der Waals surface area contributed by atoms with Crippen LogP contribution in [0, 0.1) is 0 Å². The Balaban J connectivity index is 1.97. The van der Waals surface area contributed by atoms with Crippen molar-refractivity contribution in [2.45, 2.75) is 64.1 Å². The molecule has 3 aromatic rings. The number of rotatable bonds is 11. The van der Waals surface area contributed by atoms with Crippen LogP contribution in [0.3, 0.4) is 0 Å². The van der Waals surface area contributed by atoms with Crippen LogP contribution in [0.15, 0.2) is 84.9 Å². The van der Waals surface area contributed by atoms with Crippen LogP contribution in [0.1, 0.15) is 43.6 Å². The van der Waals surface area contributed by atoms with E-state index in [4.69, 9.17) is 9.16 Å². The fourth-order valence-corrected chi connectivity index (χ4v) is 4.88. The van der Waals surface area contributed by atoms with Crippen molar-refractivity contribution in [3.63, 3.8) is 0 Å². The van der Waals surface area contributed by atoms with Crippen molar-refractivity contribution in [1.29, 1.82) is 0 Å². The molecule has 3 rings (SSSR count). The highest BCUT2D eigenvalue weighted by Crippen LogP contribution is 2.37. The maximum atomic E-state index is 11.7. The molecule has 0 aromatic heterocycles. The molecule has 0 aliphatic heterocycles. The van der Waals surface area contributed by atoms with E-state index in [0.29, 0.717) is 19.7 Å². The molecule has 3 aromatic carbocycles. The summed E-state index contributed by atoms with van der Waals surface area (Å²) < 4.78 is 12.0. The molecule has 0 spiro atoms. The van der Waals surface area contributed by atoms with Crippen molar-refractivity contribution in [2.75, 3.05) is 13.7 Å². The third-order valence-corrected chi connectivity index (χ3v) is 11.7. The maximum absolute atomic E-state index is 11.7. The lowest BCUT2D eigenvalue weighted by Gasteiger charge is -2.41. The van der Waals surface area contributed by atoms with Crippen molar-refractivity contribution in [3.8, 4) is 5.75 Å². The zero-order valence-electron chi connectivity index (χ0n) is 22.1. The number of hydrogen-bond donors (Lipinski definition) is 1. The molecule has 0 bridgehead atoms. The molecule has 0 fully saturated rings. The molecule has 0 aliphatic carbocycles. The van der Waals surface area contributed by atoms with Crippen LogP contribution in [0.25, 0.3) is 0 Å². The molecular formula is C30H41NO3Si. The first-order valence-electron chi connectivity index (χ1n) is 12.4. The molecule has 0 unspecified atom stereocenters. The minimum Gasteiger partial charge on any atom is -0.497 e. The van der Waals surface area contributed by atoms with Crippen molar-refractivity contribution >= 4 is 8.32 Å². The molecule has 35 heavy (non-hydrogen) atoms. The molecule has 1 N–H and O–H groups in total. The number of methoxy groups -OCH3 is 1. The Labute approximate surface area is 212 Å². The van der Waals surface area contributed by atoms with Gasteiger partial charge in [-0.15, -0.1) is 0 Å². The van der Waals surface area contributed by atoms with Gasteiger partial charge in [-0.25, -0.2) is 0 Å². The van der Waals surface area contributed by atoms with Crippen LogP contribution in [-0.4, -0.2) is 38.1 Å². The van der Waals surface area contributed by atoms with Gasteiger partial charge in [0, 0.05) is 13.1 Å². The highest BCUT2D eigenvalue weighted by molar-refractivity contribution is 6.74. The lowest BCUT2D eigenvalue weighted by Crippen LogP contribution is -2.48. The highest BCUT2D eigenvalue weighted by Gasteiger charge is 2.39. The number of ether oxygens (including phenoxy) is 1. The summed E-state index contributed by atoms with van der Waals surface area (Å²) in [6.45, 7) is 13.2. The van der Waals surface area contributed by atoms with Gasteiger partial charge in [-0.1, -0.05) is 93.6 Å². The number of hydrogen-bond acceptors (Lipinski definition) is 4. The molecule has 4 nitrogen and oxygen atoms in total. The van der Waals surface area contributed by atoms with Gasteiger partial charge in [-0.05, 0) is 47.0 Å². The van der Waals surface area contributed by atoms with Gasteiger partial charge in [0.25, 0.3) is 0 Å². The predicted octanol–water partition coefficient (Wildman–Crippen LogP) is 6.82. The fourth-order valence-electron chi connectivity index (χ4n) is 3.86. The molecule has 188 valence electrons. The zero-order valence-corrected chi connectivity index (χ0v) is 23.1. The summed E-state index contributed by atoms with van der Waals surface area (Å²) in [4.78, 5) is 2.35. The number of aliphatic hydroxyl groups is 1. The van der Waals surface area contributed by atoms with Gasteiger partial charge in [0.15, 0.2) is 8.32 Å². The van der Waals surface area contributed by atoms with Crippen molar-refractivity contribution in [2.24, 2.45) is 0 Å². The van der Waals surface area contributed by atoms with Crippen LogP contribution in [0.4, 0.5) is 0 Å². The summed E-state index contributed by atoms with van der Waals surface area (Å²) in [5.74, 6) is 0.778. The largest absolute Gasteiger partial charge is 0.497 e. The van der Waals surface area contributed by atoms with Crippen LogP contribution in [-0.2, 0) is 17.5 Å². The molecule has 0 saturated carbocycles. The van der Waals surface area contributed by atoms with Gasteiger partial charge < -0.3 is 14.3 Å². The van der Waals surface area contributed by atoms with E-state index >= 15 is 0 Å². The topological polar surface area (TPSA) is 41.9 Å². The second-order valence-corrected chi connectivity index (χ2v) is 15.5. The quantitative estimate of drug-likeness (QED) is 0.299. The lowest BCUT2D eigenvalue weighted by molar-refractivity contribution is 0.00881. The van der Waals surface area contributed by atoms with E-state index in [-0.39, 0.29) is 11.1 Å². The molecule has 2 atom stereocenters. The third kappa shape index (κ3) is 7.52. The smallest absolute Gasteiger partial charge is 0.192 e. The normalized spacial score (nSPS) is 14.1. The third-order valence-electron chi connectivity index (χ3n) is 7.17. The molecule has 5 heteroatoms. The van der Waals surface area contributed by atoms with E-state index < -0.39 is 14.4 Å². The molecule has 0 heterocycles. The second-order valence-electron chi connectivity index (χ2n) is 10.7. The van der Waals surface area contributed by atoms with Crippen LogP contribution >= 0.6 is 0 Å². The first-order valence-corrected chi connectivity index (χ1v) is 15.3. The summed E-state index contributed by atoms with van der Waals surface area (Å²) >= 11 is 0. The Bertz CT molecular complexity index is 975. The number of benzene rings is 3. The standard InChI is InChI=1S/C30H41NO3Si/c1-30(2,3)35(5,6)34-23-28(29(32)26-17-19-27(33-4)20-18-26)31(21-24-13-9-7-10-14-24)22-25-15-11-8-12-16-25/h7-20,28-29,32H,21-23H2,1-6H3/t28-,29+/m0/s1. The van der Waals surface area contributed by atoms with Gasteiger partial charge in [0.05, 0.1) is 25.9 Å². The van der Waals surface area contributed by atoms with E-state index in [2.05, 4.69) is 87.3 Å². The summed E-state index contributed by atoms with van der Waals surface area (Å²) in [6.07, 6.45) is -0.710. The van der Waals surface area contributed by atoms with E-state index in [1.165, 1.54) is 11.1 Å². The Morgan fingerprint density at radius 2 is 1.29 bits per heavy atom. The molecular weight excluding hydrogens is 450 g/mol. The first kappa shape index (κ1) is 27.1. The van der Waals surface area contributed by atoms with Crippen LogP contribution in [0.5, 0.6) is 5.75 Å². The second kappa shape index (κ2) is 12.0. The monoisotopic (exact) mass is 491 g/mol. The van der Waals surface area contributed by atoms with Crippen molar-refractivity contribution < 1.29 is 14.3 Å². The molecule has 0 saturated heterocycles. The number of nitrogens with zero attached hydrogens (tertiary/aromatic N) is 1. The van der Waals surface area contributed by atoms with Crippen LogP contribution < -0.4 is 4.74 Å². The van der Waals surface area contributed by atoms with Crippen LogP contribution in [0.2, 0.25) is 18.1 Å². The Kier molecular flexibility index (Phi) is 9.31. The van der Waals surface area contributed by atoms with E-state index in [9.17, 15) is 5.11 Å². The van der Waals surface area contributed by atoms with Gasteiger partial charge in [-0.3, -0.25) is 4.90 Å². The summed E-state index contributed by atoms with van der Waals surface area (Å²) in [5, 5.41) is 11.8. The van der Waals surface area contributed by atoms with Crippen molar-refractivity contribution in [3.05, 3.63) is 102 Å². The average molecular weight is 492 g/mol. The SMILES string of the molecule is COc1ccc([C@@H](O)[C@H](CO[Si](C)(C)C(C)(C)C)N(Cc2ccccc2)Cc2ccccc2)cc1. The summed E-state index contributed by atoms with van der Waals surface area (Å²) in [5.41, 5.74) is 3.28. The average Bonchev–Trinajstić information content (AvgIpc) is 2.84. The summed E-state index contributed by atoms with van der Waals surface area (Å²) in [6, 6.07) is 28.4.